The van der Waals surface area contributed by atoms with Gasteiger partial charge in [0.25, 0.3) is 0 Å². The van der Waals surface area contributed by atoms with Crippen molar-refractivity contribution >= 4 is 35.5 Å². The Morgan fingerprint density at radius 2 is 1.72 bits per heavy atom. The van der Waals surface area contributed by atoms with Gasteiger partial charge in [-0.25, -0.2) is 4.79 Å². The van der Waals surface area contributed by atoms with Crippen LogP contribution in [0.3, 0.4) is 0 Å². The number of carboxylic acid groups (broad SMARTS) is 2. The van der Waals surface area contributed by atoms with Crippen LogP contribution in [-0.2, 0) is 19.2 Å². The van der Waals surface area contributed by atoms with Crippen LogP contribution >= 0.6 is 11.8 Å². The number of hydrogen-bond donors (Lipinski definition) is 5. The molecule has 2 amide bonds. The van der Waals surface area contributed by atoms with Crippen molar-refractivity contribution in [3.05, 3.63) is 0 Å². The summed E-state index contributed by atoms with van der Waals surface area (Å²) >= 11 is 1.46. The van der Waals surface area contributed by atoms with Gasteiger partial charge in [0.2, 0.25) is 11.8 Å². The van der Waals surface area contributed by atoms with E-state index in [-0.39, 0.29) is 12.3 Å². The number of nitrogens with one attached hydrogen (secondary N) is 2. The summed E-state index contributed by atoms with van der Waals surface area (Å²) in [6.45, 7) is 3.52. The highest BCUT2D eigenvalue weighted by molar-refractivity contribution is 7.98. The third-order valence-corrected chi connectivity index (χ3v) is 4.40. The van der Waals surface area contributed by atoms with Gasteiger partial charge in [-0.2, -0.15) is 11.8 Å². The summed E-state index contributed by atoms with van der Waals surface area (Å²) in [5.74, 6) is -3.51. The van der Waals surface area contributed by atoms with E-state index in [2.05, 4.69) is 10.6 Å². The summed E-state index contributed by atoms with van der Waals surface area (Å²) in [6, 6.07) is -3.34. The molecule has 6 N–H and O–H groups in total. The largest absolute Gasteiger partial charge is 0.481 e. The molecule has 0 aromatic rings. The standard InChI is InChI=1S/C15H27N3O6S/c1-4-8(2)12(15(23)24)18-14(22)10(5-6-25-3)17-13(21)9(16)7-11(19)20/h8-10,12H,4-7,16H2,1-3H3,(H,17,21)(H,18,22)(H,19,20)(H,23,24)/t8-,9-,10-,12-/m0/s1. The van der Waals surface area contributed by atoms with Gasteiger partial charge in [0.15, 0.2) is 0 Å². The molecule has 0 aromatic carbocycles. The molecule has 10 heteroatoms. The second-order valence-electron chi connectivity index (χ2n) is 5.76. The highest BCUT2D eigenvalue weighted by Gasteiger charge is 2.30. The van der Waals surface area contributed by atoms with Gasteiger partial charge in [-0.3, -0.25) is 14.4 Å². The van der Waals surface area contributed by atoms with Gasteiger partial charge in [0.05, 0.1) is 12.5 Å². The second-order valence-corrected chi connectivity index (χ2v) is 6.74. The molecule has 0 aliphatic carbocycles. The Kier molecular flexibility index (Phi) is 10.8. The first kappa shape index (κ1) is 23.2. The number of thioether (sulfide) groups is 1. The minimum atomic E-state index is -1.29. The van der Waals surface area contributed by atoms with Crippen LogP contribution in [0.4, 0.5) is 0 Å². The SMILES string of the molecule is CC[C@H](C)[C@H](NC(=O)[C@H](CCSC)NC(=O)[C@@H](N)CC(=O)O)C(=O)O. The molecule has 0 aliphatic heterocycles. The van der Waals surface area contributed by atoms with Gasteiger partial charge in [0.1, 0.15) is 12.1 Å². The van der Waals surface area contributed by atoms with E-state index >= 15 is 0 Å². The van der Waals surface area contributed by atoms with Crippen LogP contribution in [0.5, 0.6) is 0 Å². The van der Waals surface area contributed by atoms with Crippen LogP contribution in [0, 0.1) is 5.92 Å². The first-order valence-electron chi connectivity index (χ1n) is 7.93. The van der Waals surface area contributed by atoms with E-state index in [0.717, 1.165) is 0 Å². The van der Waals surface area contributed by atoms with Gasteiger partial charge >= 0.3 is 11.9 Å². The molecule has 0 aliphatic rings. The van der Waals surface area contributed by atoms with Crippen molar-refractivity contribution in [2.75, 3.05) is 12.0 Å². The third kappa shape index (κ3) is 8.73. The fraction of sp³-hybridized carbons (Fsp3) is 0.733. The lowest BCUT2D eigenvalue weighted by Crippen LogP contribution is -2.56. The van der Waals surface area contributed by atoms with E-state index < -0.39 is 48.3 Å². The molecule has 0 spiro atoms. The average molecular weight is 377 g/mol. The minimum Gasteiger partial charge on any atom is -0.481 e. The van der Waals surface area contributed by atoms with Crippen molar-refractivity contribution in [2.24, 2.45) is 11.7 Å². The highest BCUT2D eigenvalue weighted by Crippen LogP contribution is 2.09. The second kappa shape index (κ2) is 11.7. The van der Waals surface area contributed by atoms with Gasteiger partial charge in [-0.05, 0) is 24.3 Å². The quantitative estimate of drug-likeness (QED) is 0.308. The fourth-order valence-corrected chi connectivity index (χ4v) is 2.47. The zero-order chi connectivity index (χ0) is 19.6. The molecule has 0 unspecified atom stereocenters. The van der Waals surface area contributed by atoms with Gasteiger partial charge < -0.3 is 26.6 Å². The number of nitrogens with two attached hydrogens (primary N) is 1. The molecule has 4 atom stereocenters. The number of amides is 2. The monoisotopic (exact) mass is 377 g/mol. The maximum Gasteiger partial charge on any atom is 0.326 e. The Labute approximate surface area is 151 Å². The molecule has 0 heterocycles. The lowest BCUT2D eigenvalue weighted by atomic mass is 9.98. The Morgan fingerprint density at radius 3 is 2.16 bits per heavy atom. The fourth-order valence-electron chi connectivity index (χ4n) is 2.00. The number of carboxylic acids is 2. The van der Waals surface area contributed by atoms with Gasteiger partial charge in [-0.15, -0.1) is 0 Å². The van der Waals surface area contributed by atoms with E-state index in [9.17, 15) is 24.3 Å². The van der Waals surface area contributed by atoms with Crippen molar-refractivity contribution in [1.82, 2.24) is 10.6 Å². The number of rotatable bonds is 12. The number of aliphatic carboxylic acids is 2. The van der Waals surface area contributed by atoms with Gasteiger partial charge in [-0.1, -0.05) is 20.3 Å². The average Bonchev–Trinajstić information content (AvgIpc) is 2.54. The lowest BCUT2D eigenvalue weighted by molar-refractivity contribution is -0.144. The number of carbonyl (C=O) groups is 4. The molecule has 0 saturated heterocycles. The summed E-state index contributed by atoms with van der Waals surface area (Å²) in [6.07, 6.45) is 2.09. The zero-order valence-electron chi connectivity index (χ0n) is 14.7. The van der Waals surface area contributed by atoms with Crippen LogP contribution < -0.4 is 16.4 Å². The van der Waals surface area contributed by atoms with Crippen LogP contribution in [0.25, 0.3) is 0 Å². The Bertz CT molecular complexity index is 488. The smallest absolute Gasteiger partial charge is 0.326 e. The van der Waals surface area contributed by atoms with E-state index in [1.54, 1.807) is 6.92 Å². The molecular weight excluding hydrogens is 350 g/mol. The number of hydrogen-bond acceptors (Lipinski definition) is 6. The third-order valence-electron chi connectivity index (χ3n) is 3.75. The van der Waals surface area contributed by atoms with Crippen molar-refractivity contribution < 1.29 is 29.4 Å². The normalized spacial score (nSPS) is 15.5. The Morgan fingerprint density at radius 1 is 1.12 bits per heavy atom. The van der Waals surface area contributed by atoms with E-state index in [1.165, 1.54) is 11.8 Å². The molecule has 0 saturated carbocycles. The summed E-state index contributed by atoms with van der Waals surface area (Å²) in [7, 11) is 0. The molecule has 25 heavy (non-hydrogen) atoms. The van der Waals surface area contributed by atoms with E-state index in [0.29, 0.717) is 12.2 Å². The Hall–Kier alpha value is -1.81. The first-order valence-corrected chi connectivity index (χ1v) is 9.33. The Balaban J connectivity index is 5.04. The summed E-state index contributed by atoms with van der Waals surface area (Å²) in [5.41, 5.74) is 5.49. The van der Waals surface area contributed by atoms with Crippen molar-refractivity contribution in [2.45, 2.75) is 51.2 Å². The van der Waals surface area contributed by atoms with Crippen LogP contribution in [-0.4, -0.2) is 64.1 Å². The molecule has 0 bridgehead atoms. The van der Waals surface area contributed by atoms with Crippen LogP contribution in [0.15, 0.2) is 0 Å². The summed E-state index contributed by atoms with van der Waals surface area (Å²) in [4.78, 5) is 46.3. The maximum absolute atomic E-state index is 12.4. The number of carbonyl (C=O) groups excluding carboxylic acids is 2. The summed E-state index contributed by atoms with van der Waals surface area (Å²) < 4.78 is 0. The predicted molar refractivity (Wildman–Crippen MR) is 94.2 cm³/mol. The topological polar surface area (TPSA) is 159 Å². The molecule has 0 radical (unpaired) electrons. The molecule has 9 nitrogen and oxygen atoms in total. The zero-order valence-corrected chi connectivity index (χ0v) is 15.5. The molecule has 144 valence electrons. The van der Waals surface area contributed by atoms with Crippen molar-refractivity contribution in [1.29, 1.82) is 0 Å². The lowest BCUT2D eigenvalue weighted by Gasteiger charge is -2.25. The van der Waals surface area contributed by atoms with Crippen molar-refractivity contribution in [3.63, 3.8) is 0 Å². The predicted octanol–water partition coefficient (Wildman–Crippen LogP) is -0.358. The molecule has 0 fully saturated rings. The van der Waals surface area contributed by atoms with Crippen LogP contribution in [0.1, 0.15) is 33.1 Å². The molecular formula is C15H27N3O6S. The van der Waals surface area contributed by atoms with Crippen molar-refractivity contribution in [3.8, 4) is 0 Å². The van der Waals surface area contributed by atoms with E-state index in [1.807, 2.05) is 13.2 Å². The minimum absolute atomic E-state index is 0.269. The first-order chi connectivity index (χ1) is 11.6. The maximum atomic E-state index is 12.4. The van der Waals surface area contributed by atoms with Gasteiger partial charge in [0, 0.05) is 0 Å². The summed E-state index contributed by atoms with van der Waals surface area (Å²) in [5, 5.41) is 22.8. The molecule has 0 aromatic heterocycles. The highest BCUT2D eigenvalue weighted by atomic mass is 32.2. The van der Waals surface area contributed by atoms with E-state index in [4.69, 9.17) is 10.8 Å². The van der Waals surface area contributed by atoms with Crippen LogP contribution in [0.2, 0.25) is 0 Å². The molecule has 0 rings (SSSR count).